The molecule has 738 valence electrons. The van der Waals surface area contributed by atoms with Crippen molar-refractivity contribution in [3.63, 3.8) is 0 Å². The molecular weight excluding hydrogens is 1710 g/mol. The minimum Gasteiger partial charge on any atom is -0.457 e. The van der Waals surface area contributed by atoms with Crippen LogP contribution in [0.1, 0.15) is 328 Å². The highest BCUT2D eigenvalue weighted by molar-refractivity contribution is 6.77. The topological polar surface area (TPSA) is 37.4 Å². The Bertz CT molecular complexity index is 5430. The van der Waals surface area contributed by atoms with Crippen LogP contribution in [0.3, 0.4) is 0 Å². The van der Waals surface area contributed by atoms with Crippen molar-refractivity contribution in [2.45, 2.75) is 384 Å². The maximum atomic E-state index is 6.64. The van der Waals surface area contributed by atoms with E-state index in [9.17, 15) is 0 Å². The average molecular weight is 1890 g/mol. The molecule has 0 aliphatic heterocycles. The molecule has 0 spiro atoms. The van der Waals surface area contributed by atoms with Crippen LogP contribution in [0.2, 0.25) is 55.9 Å². The minimum absolute atomic E-state index is 0.0242. The van der Waals surface area contributed by atoms with E-state index in [0.717, 1.165) is 88.9 Å². The molecule has 0 bridgehead atoms. The van der Waals surface area contributed by atoms with E-state index in [4.69, 9.17) is 14.2 Å². The lowest BCUT2D eigenvalue weighted by atomic mass is 9.68. The van der Waals surface area contributed by atoms with Crippen LogP contribution >= 0.6 is 0 Å². The van der Waals surface area contributed by atoms with Crippen LogP contribution in [-0.4, -0.2) is 134 Å². The third-order valence-corrected chi connectivity index (χ3v) is 50.2. The van der Waals surface area contributed by atoms with Gasteiger partial charge in [0.1, 0.15) is 34.5 Å². The Morgan fingerprint density at radius 1 is 0.338 bits per heavy atom. The Balaban J connectivity index is 0.000000148. The van der Waals surface area contributed by atoms with Gasteiger partial charge in [-0.2, -0.15) is 14.0 Å². The Morgan fingerprint density at radius 2 is 0.632 bits per heavy atom. The Hall–Kier alpha value is -6.43. The largest absolute Gasteiger partial charge is 0.457 e. The molecule has 0 radical (unpaired) electrons. The highest BCUT2D eigenvalue weighted by atomic mass is 28.3. The van der Waals surface area contributed by atoms with Crippen molar-refractivity contribution >= 4 is 41.4 Å². The Kier molecular flexibility index (Phi) is 29.1. The zero-order valence-corrected chi connectivity index (χ0v) is 94.4. The van der Waals surface area contributed by atoms with Crippen molar-refractivity contribution in [3.8, 4) is 34.5 Å². The summed E-state index contributed by atoms with van der Waals surface area (Å²) in [5.74, 6) is 10.3. The summed E-state index contributed by atoms with van der Waals surface area (Å²) in [4.78, 5) is 0. The van der Waals surface area contributed by atoms with Gasteiger partial charge in [-0.05, 0) is 301 Å². The van der Waals surface area contributed by atoms with Gasteiger partial charge in [0, 0.05) is 34.4 Å². The Morgan fingerprint density at radius 3 is 0.963 bits per heavy atom. The predicted octanol–water partition coefficient (Wildman–Crippen LogP) is 33.3. The van der Waals surface area contributed by atoms with Crippen molar-refractivity contribution in [2.24, 2.45) is 41.4 Å². The van der Waals surface area contributed by atoms with Crippen LogP contribution in [0, 0.1) is 41.4 Å². The lowest BCUT2D eigenvalue weighted by Crippen LogP contribution is -2.69. The molecular formula is C124H185N6O3Si3+3. The summed E-state index contributed by atoms with van der Waals surface area (Å²) in [6.45, 7) is 53.8. The molecule has 6 aromatic rings. The second-order valence-electron chi connectivity index (χ2n) is 53.3. The van der Waals surface area contributed by atoms with E-state index < -0.39 is 24.7 Å². The molecule has 0 aromatic heterocycles. The van der Waals surface area contributed by atoms with E-state index in [2.05, 4.69) is 391 Å². The fourth-order valence-corrected chi connectivity index (χ4v) is 47.0. The van der Waals surface area contributed by atoms with E-state index in [-0.39, 0.29) is 32.5 Å². The third-order valence-electron chi connectivity index (χ3n) is 36.2. The summed E-state index contributed by atoms with van der Waals surface area (Å²) in [6, 6.07) is 49.0. The first-order chi connectivity index (χ1) is 63.8. The number of unbranched alkanes of at least 4 members (excludes halogenated alkanes) is 2. The number of rotatable bonds is 24. The standard InChI is InChI=1S/C45H69N2OSi.C40H59N2OSi.C39H57N2OSi/c1-11-13-28-45(29-14-12-2)41-31-37(48-36-23-21-34(22-24-36)44(3,4)5)25-26-38(41)40-30-33-20-27-43(39(33)32-42(40)45)49(9,10)46(47(6,7)8)35-18-16-15-17-19-35;1-27-23-28-24-35-33-22-21-32(43-31-19-17-29(18-20-31)39(2,3)4)25-36(33)40(5,6)37(35)26-34(28)38(27)44(10,11)41(42(7,8)9)30-15-13-12-14-16-30;1-38(2,3)28-17-19-30(20-18-28)42-31-21-22-32-34-24-27-16-23-37(33(27)26-36(34)39(4,5)35(32)25-31)43(9,10)40(41(6,7)8)29-14-12-11-13-15-29/h21-26,30-33,35,39,43H,11-20,27-29H2,1-10H3;17-22,24-28,30,34,38H,12-16,23H2,1-11H3;17-22,24-27,29,33,37H,11-16,23H2,1-10H3/q3*+1. The number of hydrogen-bond donors (Lipinski definition) is 0. The van der Waals surface area contributed by atoms with Crippen molar-refractivity contribution in [1.29, 1.82) is 0 Å². The smallest absolute Gasteiger partial charge is 0.191 e. The molecule has 0 saturated heterocycles. The molecule has 6 saturated carbocycles. The second-order valence-corrected chi connectivity index (χ2v) is 66.7. The molecule has 0 amide bonds. The first kappa shape index (κ1) is 102. The van der Waals surface area contributed by atoms with Gasteiger partial charge in [0.25, 0.3) is 0 Å². The number of ether oxygens (including phenoxy) is 3. The first-order valence-electron chi connectivity index (χ1n) is 54.8. The summed E-state index contributed by atoms with van der Waals surface area (Å²) in [7, 11) is 16.6. The highest BCUT2D eigenvalue weighted by Crippen LogP contribution is 2.66. The first-order valence-corrected chi connectivity index (χ1v) is 63.8. The molecule has 12 heteroatoms. The average Bonchev–Trinajstić information content (AvgIpc) is 1.59. The molecule has 0 heterocycles. The van der Waals surface area contributed by atoms with Gasteiger partial charge in [-0.3, -0.25) is 13.8 Å². The van der Waals surface area contributed by atoms with E-state index in [1.54, 1.807) is 27.9 Å². The van der Waals surface area contributed by atoms with Crippen molar-refractivity contribution in [2.75, 3.05) is 63.4 Å². The quantitative estimate of drug-likeness (QED) is 0.0342. The summed E-state index contributed by atoms with van der Waals surface area (Å²) in [5, 5.41) is 0. The number of hydrogen-bond acceptors (Lipinski definition) is 6. The van der Waals surface area contributed by atoms with Gasteiger partial charge in [-0.15, -0.1) is 0 Å². The van der Waals surface area contributed by atoms with Gasteiger partial charge in [-0.1, -0.05) is 337 Å². The maximum absolute atomic E-state index is 6.64. The maximum Gasteiger partial charge on any atom is 0.191 e. The van der Waals surface area contributed by atoms with Gasteiger partial charge in [-0.25, -0.2) is 0 Å². The zero-order chi connectivity index (χ0) is 98.0. The summed E-state index contributed by atoms with van der Waals surface area (Å²) < 4.78 is 31.6. The van der Waals surface area contributed by atoms with E-state index in [0.29, 0.717) is 35.5 Å². The van der Waals surface area contributed by atoms with E-state index >= 15 is 0 Å². The SMILES string of the molecule is CC(C)(C)c1ccc(Oc2ccc3c(c2)C(C)(C)C2=CC4C(C=C23)CCC4[Si](C)(C)N(C2CCCCC2)[N+](C)(C)C)cc1.CC1CC2C=C3C(=CC2C1[Si](C)(C)N(C1CCCCC1)[N+](C)(C)C)C(C)(C)c1cc(Oc2ccc(C(C)(C)C)cc2)ccc13.CCCCC1(CCCC)C2=CC3C(C=C2c2ccc(Oc4ccc(C(C)(C)C)cc4)cc21)CCC3[Si](C)(C)N(C1CCCCC1)[N+](C)(C)C. The summed E-state index contributed by atoms with van der Waals surface area (Å²) in [6.07, 6.45) is 51.8. The Labute approximate surface area is 831 Å². The van der Waals surface area contributed by atoms with Crippen LogP contribution in [0.5, 0.6) is 34.5 Å². The predicted molar refractivity (Wildman–Crippen MR) is 587 cm³/mol. The number of allylic oxidation sites excluding steroid dienone is 12. The van der Waals surface area contributed by atoms with Gasteiger partial charge < -0.3 is 14.2 Å². The van der Waals surface area contributed by atoms with Crippen LogP contribution in [0.15, 0.2) is 181 Å². The van der Waals surface area contributed by atoms with Crippen molar-refractivity contribution < 1.29 is 28.0 Å². The molecule has 6 aromatic carbocycles. The van der Waals surface area contributed by atoms with Crippen LogP contribution < -0.4 is 14.2 Å². The summed E-state index contributed by atoms with van der Waals surface area (Å²) in [5.41, 5.74) is 24.8. The molecule has 12 aliphatic carbocycles. The minimum atomic E-state index is -1.82. The number of quaternary nitrogens is 3. The normalized spacial score (nSPS) is 25.5. The molecule has 9 nitrogen and oxygen atoms in total. The molecule has 12 aliphatic rings. The van der Waals surface area contributed by atoms with Gasteiger partial charge in [0.05, 0.1) is 63.4 Å². The molecule has 136 heavy (non-hydrogen) atoms. The lowest BCUT2D eigenvalue weighted by Gasteiger charge is -2.54. The fourth-order valence-electron chi connectivity index (χ4n) is 30.6. The van der Waals surface area contributed by atoms with Crippen molar-refractivity contribution in [3.05, 3.63) is 231 Å². The van der Waals surface area contributed by atoms with Gasteiger partial charge in [0.2, 0.25) is 0 Å². The van der Waals surface area contributed by atoms with Gasteiger partial charge in [0.15, 0.2) is 24.7 Å². The van der Waals surface area contributed by atoms with Gasteiger partial charge >= 0.3 is 0 Å². The molecule has 10 atom stereocenters. The van der Waals surface area contributed by atoms with E-state index in [1.807, 2.05) is 0 Å². The number of fused-ring (bicyclic) bond motifs is 12. The lowest BCUT2D eigenvalue weighted by molar-refractivity contribution is -0.975. The fraction of sp³-hybridized carbons (Fsp3) is 0.613. The van der Waals surface area contributed by atoms with E-state index in [1.165, 1.54) is 223 Å². The molecule has 10 unspecified atom stereocenters. The van der Waals surface area contributed by atoms with Crippen LogP contribution in [0.25, 0.3) is 16.7 Å². The monoisotopic (exact) mass is 1890 g/mol. The molecule has 6 fully saturated rings. The zero-order valence-electron chi connectivity index (χ0n) is 91.4. The second kappa shape index (κ2) is 38.7. The van der Waals surface area contributed by atoms with Crippen LogP contribution in [-0.2, 0) is 32.5 Å². The van der Waals surface area contributed by atoms with Crippen LogP contribution in [0.4, 0.5) is 0 Å². The number of benzene rings is 6. The molecule has 0 N–H and O–H groups in total. The third kappa shape index (κ3) is 20.1. The van der Waals surface area contributed by atoms with Crippen molar-refractivity contribution in [1.82, 2.24) is 14.0 Å². The summed E-state index contributed by atoms with van der Waals surface area (Å²) >= 11 is 0. The number of nitrogens with zero attached hydrogens (tertiary/aromatic N) is 6. The highest BCUT2D eigenvalue weighted by Gasteiger charge is 2.61. The molecule has 18 rings (SSSR count).